The molecule has 3 atom stereocenters. The van der Waals surface area contributed by atoms with Crippen molar-refractivity contribution in [2.45, 2.75) is 59.8 Å². The van der Waals surface area contributed by atoms with Crippen LogP contribution in [0.2, 0.25) is 0 Å². The molecule has 0 spiro atoms. The number of carbonyl (C=O) groups excluding carboxylic acids is 3. The highest BCUT2D eigenvalue weighted by molar-refractivity contribution is 5.97. The third kappa shape index (κ3) is 8.59. The number of methoxy groups -OCH3 is 1. The lowest BCUT2D eigenvalue weighted by Gasteiger charge is -2.29. The maximum Gasteiger partial charge on any atom is 0.328 e. The van der Waals surface area contributed by atoms with Gasteiger partial charge in [-0.1, -0.05) is 50.2 Å². The number of esters is 2. The maximum absolute atomic E-state index is 13.1. The fourth-order valence-corrected chi connectivity index (χ4v) is 3.91. The Morgan fingerprint density at radius 3 is 2.30 bits per heavy atom. The third-order valence-corrected chi connectivity index (χ3v) is 5.90. The summed E-state index contributed by atoms with van der Waals surface area (Å²) in [5.41, 5.74) is -0.269. The van der Waals surface area contributed by atoms with Crippen molar-refractivity contribution in [1.82, 2.24) is 5.32 Å². The molecule has 2 aromatic carbocycles. The summed E-state index contributed by atoms with van der Waals surface area (Å²) in [5, 5.41) is 4.53. The number of carbonyl (C=O) groups is 3. The first-order chi connectivity index (χ1) is 19.0. The Balaban J connectivity index is 2.17. The topological polar surface area (TPSA) is 122 Å². The molecule has 0 aliphatic heterocycles. The molecule has 216 valence electrons. The van der Waals surface area contributed by atoms with Crippen LogP contribution in [0.25, 0.3) is 10.8 Å². The number of ether oxygens (including phenoxy) is 5. The van der Waals surface area contributed by atoms with Crippen LogP contribution in [0.15, 0.2) is 70.7 Å². The van der Waals surface area contributed by atoms with Gasteiger partial charge in [-0.25, -0.2) is 4.79 Å². The number of hydrogen-bond acceptors (Lipinski definition) is 9. The van der Waals surface area contributed by atoms with Crippen LogP contribution in [-0.4, -0.2) is 56.7 Å². The first-order valence-corrected chi connectivity index (χ1v) is 12.9. The third-order valence-electron chi connectivity index (χ3n) is 5.90. The highest BCUT2D eigenvalue weighted by atomic mass is 16.7. The lowest BCUT2D eigenvalue weighted by Crippen LogP contribution is -2.44. The number of nitrogens with zero attached hydrogens (tertiary/aromatic N) is 1. The zero-order chi connectivity index (χ0) is 29.8. The van der Waals surface area contributed by atoms with Crippen molar-refractivity contribution >= 4 is 35.3 Å². The van der Waals surface area contributed by atoms with E-state index < -0.39 is 42.9 Å². The van der Waals surface area contributed by atoms with Crippen molar-refractivity contribution in [3.63, 3.8) is 0 Å². The SMILES string of the molecule is C=N/C(C(=O)N[C@@H](C)C(=O)O[C@@H](C)[C@H](Oc1cccc2ccccc12)C(C)C)=C(OCOC(C)=O)\C(=C/C)OC. The van der Waals surface area contributed by atoms with Gasteiger partial charge in [0.25, 0.3) is 5.91 Å². The van der Waals surface area contributed by atoms with Gasteiger partial charge in [0, 0.05) is 12.3 Å². The highest BCUT2D eigenvalue weighted by Crippen LogP contribution is 2.28. The molecule has 0 aliphatic rings. The first-order valence-electron chi connectivity index (χ1n) is 12.9. The van der Waals surface area contributed by atoms with Gasteiger partial charge in [0.15, 0.2) is 17.2 Å². The number of benzene rings is 2. The molecule has 0 saturated heterocycles. The molecule has 0 aromatic heterocycles. The van der Waals surface area contributed by atoms with Crippen LogP contribution in [-0.2, 0) is 33.3 Å². The Kier molecular flexibility index (Phi) is 12.2. The second-order valence-corrected chi connectivity index (χ2v) is 9.23. The molecule has 1 amide bonds. The van der Waals surface area contributed by atoms with E-state index in [2.05, 4.69) is 17.0 Å². The Labute approximate surface area is 235 Å². The lowest BCUT2D eigenvalue weighted by molar-refractivity contribution is -0.157. The Bertz CT molecular complexity index is 1260. The molecular weight excluding hydrogens is 516 g/mol. The number of nitrogens with one attached hydrogen (secondary N) is 1. The van der Waals surface area contributed by atoms with E-state index in [1.54, 1.807) is 13.8 Å². The molecule has 0 unspecified atom stereocenters. The molecule has 0 radical (unpaired) electrons. The molecule has 40 heavy (non-hydrogen) atoms. The summed E-state index contributed by atoms with van der Waals surface area (Å²) in [4.78, 5) is 40.9. The largest absolute Gasteiger partial charge is 0.493 e. The van der Waals surface area contributed by atoms with E-state index in [0.29, 0.717) is 5.75 Å². The number of amides is 1. The maximum atomic E-state index is 13.1. The number of rotatable bonds is 14. The van der Waals surface area contributed by atoms with Gasteiger partial charge in [-0.15, -0.1) is 0 Å². The number of allylic oxidation sites excluding steroid dienone is 1. The van der Waals surface area contributed by atoms with Gasteiger partial charge in [-0.05, 0) is 50.9 Å². The zero-order valence-electron chi connectivity index (χ0n) is 24.1. The van der Waals surface area contributed by atoms with Crippen molar-refractivity contribution in [3.8, 4) is 5.75 Å². The van der Waals surface area contributed by atoms with Crippen molar-refractivity contribution in [1.29, 1.82) is 0 Å². The molecule has 10 nitrogen and oxygen atoms in total. The number of fused-ring (bicyclic) bond motifs is 1. The molecule has 2 aromatic rings. The fraction of sp³-hybridized carbons (Fsp3) is 0.400. The Hall–Kier alpha value is -4.34. The lowest BCUT2D eigenvalue weighted by atomic mass is 10.0. The highest BCUT2D eigenvalue weighted by Gasteiger charge is 2.30. The van der Waals surface area contributed by atoms with Gasteiger partial charge in [-0.2, -0.15) is 0 Å². The van der Waals surface area contributed by atoms with Crippen LogP contribution in [0.4, 0.5) is 0 Å². The van der Waals surface area contributed by atoms with Crippen molar-refractivity contribution in [2.75, 3.05) is 13.9 Å². The molecule has 0 aliphatic carbocycles. The number of aliphatic imine (C=N–C) groups is 1. The summed E-state index contributed by atoms with van der Waals surface area (Å²) in [6, 6.07) is 12.6. The van der Waals surface area contributed by atoms with Crippen molar-refractivity contribution in [3.05, 3.63) is 65.8 Å². The van der Waals surface area contributed by atoms with Crippen molar-refractivity contribution < 1.29 is 38.1 Å². The van der Waals surface area contributed by atoms with Gasteiger partial charge < -0.3 is 29.0 Å². The molecule has 2 rings (SSSR count). The Morgan fingerprint density at radius 2 is 1.70 bits per heavy atom. The van der Waals surface area contributed by atoms with Gasteiger partial charge in [0.05, 0.1) is 7.11 Å². The van der Waals surface area contributed by atoms with Crippen molar-refractivity contribution in [2.24, 2.45) is 10.9 Å². The predicted octanol–water partition coefficient (Wildman–Crippen LogP) is 4.68. The zero-order valence-corrected chi connectivity index (χ0v) is 24.1. The van der Waals surface area contributed by atoms with Crippen LogP contribution in [0.5, 0.6) is 5.75 Å². The van der Waals surface area contributed by atoms with E-state index in [-0.39, 0.29) is 23.1 Å². The van der Waals surface area contributed by atoms with E-state index in [1.165, 1.54) is 27.0 Å². The van der Waals surface area contributed by atoms with Crippen LogP contribution < -0.4 is 10.1 Å². The smallest absolute Gasteiger partial charge is 0.328 e. The fourth-order valence-electron chi connectivity index (χ4n) is 3.91. The minimum absolute atomic E-state index is 0.0105. The van der Waals surface area contributed by atoms with Crippen LogP contribution in [0.1, 0.15) is 41.5 Å². The van der Waals surface area contributed by atoms with Crippen LogP contribution in [0, 0.1) is 5.92 Å². The summed E-state index contributed by atoms with van der Waals surface area (Å²) in [7, 11) is 1.37. The quantitative estimate of drug-likeness (QED) is 0.0892. The average Bonchev–Trinajstić information content (AvgIpc) is 2.91. The summed E-state index contributed by atoms with van der Waals surface area (Å²) < 4.78 is 27.5. The van der Waals surface area contributed by atoms with E-state index in [9.17, 15) is 14.4 Å². The van der Waals surface area contributed by atoms with E-state index in [1.807, 2.05) is 56.3 Å². The molecule has 10 heteroatoms. The first kappa shape index (κ1) is 31.9. The monoisotopic (exact) mass is 554 g/mol. The summed E-state index contributed by atoms with van der Waals surface area (Å²) in [6.07, 6.45) is 0.440. The molecule has 0 bridgehead atoms. The summed E-state index contributed by atoms with van der Waals surface area (Å²) in [6.45, 7) is 13.0. The number of hydrogen-bond donors (Lipinski definition) is 1. The van der Waals surface area contributed by atoms with Crippen LogP contribution in [0.3, 0.4) is 0 Å². The van der Waals surface area contributed by atoms with Gasteiger partial charge in [-0.3, -0.25) is 14.6 Å². The van der Waals surface area contributed by atoms with Gasteiger partial charge >= 0.3 is 11.9 Å². The van der Waals surface area contributed by atoms with Crippen LogP contribution >= 0.6 is 0 Å². The summed E-state index contributed by atoms with van der Waals surface area (Å²) in [5.74, 6) is -1.28. The molecule has 1 N–H and O–H groups in total. The van der Waals surface area contributed by atoms with E-state index in [4.69, 9.17) is 23.7 Å². The molecule has 0 fully saturated rings. The van der Waals surface area contributed by atoms with E-state index in [0.717, 1.165) is 10.8 Å². The van der Waals surface area contributed by atoms with Gasteiger partial charge in [0.1, 0.15) is 24.0 Å². The second kappa shape index (κ2) is 15.3. The molecular formula is C30H38N2O8. The normalized spacial score (nSPS) is 14.3. The molecule has 0 saturated carbocycles. The Morgan fingerprint density at radius 1 is 1.02 bits per heavy atom. The molecule has 0 heterocycles. The van der Waals surface area contributed by atoms with E-state index >= 15 is 0 Å². The minimum atomic E-state index is -1.05. The second-order valence-electron chi connectivity index (χ2n) is 9.23. The van der Waals surface area contributed by atoms with Gasteiger partial charge in [0.2, 0.25) is 6.79 Å². The average molecular weight is 555 g/mol. The minimum Gasteiger partial charge on any atom is -0.493 e. The standard InChI is InChI=1S/C30H38N2O8/c1-9-24(36-8)28(38-17-37-21(6)33)26(31-7)29(34)32-19(4)30(35)39-20(5)27(18(2)3)40-25-16-12-14-22-13-10-11-15-23(22)25/h9-16,18-20,27H,7,17H2,1-6,8H3,(H,32,34)/b24-9+,28-26+/t19-,20-,27+/m0/s1. The summed E-state index contributed by atoms with van der Waals surface area (Å²) >= 11 is 0. The predicted molar refractivity (Wildman–Crippen MR) is 151 cm³/mol.